The summed E-state index contributed by atoms with van der Waals surface area (Å²) in [6.45, 7) is 0. The normalized spacial score (nSPS) is 53.6. The van der Waals surface area contributed by atoms with Crippen LogP contribution in [0.4, 0.5) is 0 Å². The van der Waals surface area contributed by atoms with Crippen molar-refractivity contribution in [3.05, 3.63) is 0 Å². The van der Waals surface area contributed by atoms with Crippen molar-refractivity contribution >= 4 is 0 Å². The predicted octanol–water partition coefficient (Wildman–Crippen LogP) is 5.03. The van der Waals surface area contributed by atoms with Crippen molar-refractivity contribution in [3.8, 4) is 0 Å². The SMILES string of the molecule is C1CC2CCC3C(CCC4CCCC[C@@H]43)C2C1. The Morgan fingerprint density at radius 3 is 1.59 bits per heavy atom. The summed E-state index contributed by atoms with van der Waals surface area (Å²) in [5.41, 5.74) is 0. The van der Waals surface area contributed by atoms with Crippen LogP contribution < -0.4 is 0 Å². The van der Waals surface area contributed by atoms with Crippen molar-refractivity contribution in [1.82, 2.24) is 0 Å². The van der Waals surface area contributed by atoms with Gasteiger partial charge in [-0.15, -0.1) is 0 Å². The van der Waals surface area contributed by atoms with Crippen molar-refractivity contribution in [2.24, 2.45) is 35.5 Å². The van der Waals surface area contributed by atoms with Gasteiger partial charge in [0.25, 0.3) is 0 Å². The van der Waals surface area contributed by atoms with Gasteiger partial charge >= 0.3 is 0 Å². The van der Waals surface area contributed by atoms with Crippen LogP contribution in [0, 0.1) is 35.5 Å². The molecule has 0 bridgehead atoms. The molecule has 0 aromatic carbocycles. The lowest BCUT2D eigenvalue weighted by molar-refractivity contribution is -0.0184. The molecule has 17 heavy (non-hydrogen) atoms. The Balaban J connectivity index is 1.56. The van der Waals surface area contributed by atoms with Crippen LogP contribution in [0.2, 0.25) is 0 Å². The van der Waals surface area contributed by atoms with Crippen LogP contribution >= 0.6 is 0 Å². The fourth-order valence-electron chi connectivity index (χ4n) is 6.45. The first-order chi connectivity index (χ1) is 8.43. The molecule has 5 unspecified atom stereocenters. The van der Waals surface area contributed by atoms with Gasteiger partial charge in [0.15, 0.2) is 0 Å². The van der Waals surface area contributed by atoms with Gasteiger partial charge < -0.3 is 0 Å². The third kappa shape index (κ3) is 1.70. The standard InChI is InChI=1S/C17H28/c1-2-6-14-12(4-1)8-10-17-15-7-3-5-13(15)9-11-16(14)17/h12-17H,1-11H2/t12?,13?,14-,15?,16?,17?/m0/s1. The molecule has 0 amide bonds. The van der Waals surface area contributed by atoms with Crippen LogP contribution in [0.15, 0.2) is 0 Å². The van der Waals surface area contributed by atoms with E-state index < -0.39 is 0 Å². The summed E-state index contributed by atoms with van der Waals surface area (Å²) in [7, 11) is 0. The van der Waals surface area contributed by atoms with E-state index in [2.05, 4.69) is 0 Å². The zero-order chi connectivity index (χ0) is 11.2. The quantitative estimate of drug-likeness (QED) is 0.549. The highest BCUT2D eigenvalue weighted by atomic mass is 14.5. The topological polar surface area (TPSA) is 0 Å². The molecule has 0 aromatic rings. The van der Waals surface area contributed by atoms with Crippen molar-refractivity contribution in [1.29, 1.82) is 0 Å². The van der Waals surface area contributed by atoms with Gasteiger partial charge in [-0.1, -0.05) is 32.1 Å². The molecule has 4 aliphatic carbocycles. The molecule has 0 saturated heterocycles. The van der Waals surface area contributed by atoms with Crippen LogP contribution in [0.1, 0.15) is 70.6 Å². The average molecular weight is 232 g/mol. The van der Waals surface area contributed by atoms with Gasteiger partial charge in [-0.2, -0.15) is 0 Å². The maximum absolute atomic E-state index is 1.62. The zero-order valence-electron chi connectivity index (χ0n) is 11.2. The van der Waals surface area contributed by atoms with E-state index >= 15 is 0 Å². The second-order valence-corrected chi connectivity index (χ2v) is 7.55. The Hall–Kier alpha value is 0. The van der Waals surface area contributed by atoms with E-state index in [1.807, 2.05) is 0 Å². The molecular weight excluding hydrogens is 204 g/mol. The van der Waals surface area contributed by atoms with E-state index in [4.69, 9.17) is 0 Å². The van der Waals surface area contributed by atoms with Gasteiger partial charge in [0.1, 0.15) is 0 Å². The van der Waals surface area contributed by atoms with Crippen molar-refractivity contribution in [3.63, 3.8) is 0 Å². The highest BCUT2D eigenvalue weighted by Gasteiger charge is 2.48. The van der Waals surface area contributed by atoms with Crippen molar-refractivity contribution in [2.45, 2.75) is 70.6 Å². The summed E-state index contributed by atoms with van der Waals surface area (Å²) >= 11 is 0. The molecule has 0 nitrogen and oxygen atoms in total. The minimum Gasteiger partial charge on any atom is -0.0530 e. The largest absolute Gasteiger partial charge is 0.0530 e. The molecule has 0 N–H and O–H groups in total. The molecule has 0 aliphatic heterocycles. The summed E-state index contributed by atoms with van der Waals surface area (Å²) in [5, 5.41) is 0. The number of rotatable bonds is 0. The highest BCUT2D eigenvalue weighted by Crippen LogP contribution is 2.57. The van der Waals surface area contributed by atoms with Gasteiger partial charge in [-0.3, -0.25) is 0 Å². The van der Waals surface area contributed by atoms with E-state index in [9.17, 15) is 0 Å². The summed E-state index contributed by atoms with van der Waals surface area (Å²) < 4.78 is 0. The first-order valence-corrected chi connectivity index (χ1v) is 8.43. The minimum absolute atomic E-state index is 1.16. The molecule has 0 aromatic heterocycles. The Morgan fingerprint density at radius 1 is 0.353 bits per heavy atom. The number of hydrogen-bond donors (Lipinski definition) is 0. The van der Waals surface area contributed by atoms with Crippen LogP contribution in [-0.4, -0.2) is 0 Å². The number of hydrogen-bond acceptors (Lipinski definition) is 0. The second-order valence-electron chi connectivity index (χ2n) is 7.55. The second kappa shape index (κ2) is 4.28. The molecule has 0 heteroatoms. The lowest BCUT2D eigenvalue weighted by atomic mass is 9.54. The summed E-state index contributed by atoms with van der Waals surface area (Å²) in [6, 6.07) is 0. The van der Waals surface area contributed by atoms with E-state index in [0.29, 0.717) is 0 Å². The zero-order valence-corrected chi connectivity index (χ0v) is 11.2. The van der Waals surface area contributed by atoms with Gasteiger partial charge in [0.2, 0.25) is 0 Å². The summed E-state index contributed by atoms with van der Waals surface area (Å²) in [6.07, 6.45) is 17.5. The van der Waals surface area contributed by atoms with Crippen LogP contribution in [-0.2, 0) is 0 Å². The Kier molecular flexibility index (Phi) is 2.74. The monoisotopic (exact) mass is 232 g/mol. The van der Waals surface area contributed by atoms with E-state index in [0.717, 1.165) is 11.8 Å². The fraction of sp³-hybridized carbons (Fsp3) is 1.00. The lowest BCUT2D eigenvalue weighted by Crippen LogP contribution is -2.43. The molecule has 0 spiro atoms. The first-order valence-electron chi connectivity index (χ1n) is 8.43. The third-order valence-corrected chi connectivity index (χ3v) is 7.08. The molecule has 4 fully saturated rings. The molecule has 4 aliphatic rings. The van der Waals surface area contributed by atoms with E-state index in [-0.39, 0.29) is 0 Å². The Morgan fingerprint density at radius 2 is 0.882 bits per heavy atom. The molecule has 4 rings (SSSR count). The van der Waals surface area contributed by atoms with Crippen molar-refractivity contribution < 1.29 is 0 Å². The Labute approximate surface area is 107 Å². The minimum atomic E-state index is 1.16. The van der Waals surface area contributed by atoms with Crippen LogP contribution in [0.25, 0.3) is 0 Å². The van der Waals surface area contributed by atoms with Gasteiger partial charge in [-0.05, 0) is 74.0 Å². The number of fused-ring (bicyclic) bond motifs is 5. The third-order valence-electron chi connectivity index (χ3n) is 7.08. The maximum atomic E-state index is 1.62. The first kappa shape index (κ1) is 10.9. The maximum Gasteiger partial charge on any atom is -0.0352 e. The molecular formula is C17H28. The van der Waals surface area contributed by atoms with Crippen molar-refractivity contribution in [2.75, 3.05) is 0 Å². The van der Waals surface area contributed by atoms with Crippen LogP contribution in [0.5, 0.6) is 0 Å². The molecule has 4 saturated carbocycles. The van der Waals surface area contributed by atoms with Gasteiger partial charge in [-0.25, -0.2) is 0 Å². The molecule has 0 radical (unpaired) electrons. The average Bonchev–Trinajstić information content (AvgIpc) is 2.86. The summed E-state index contributed by atoms with van der Waals surface area (Å²) in [5.74, 6) is 7.02. The molecule has 96 valence electrons. The van der Waals surface area contributed by atoms with Gasteiger partial charge in [0, 0.05) is 0 Å². The van der Waals surface area contributed by atoms with Gasteiger partial charge in [0.05, 0.1) is 0 Å². The molecule has 6 atom stereocenters. The highest BCUT2D eigenvalue weighted by molar-refractivity contribution is 4.98. The lowest BCUT2D eigenvalue weighted by Gasteiger charge is -2.51. The summed E-state index contributed by atoms with van der Waals surface area (Å²) in [4.78, 5) is 0. The van der Waals surface area contributed by atoms with E-state index in [1.54, 1.807) is 70.6 Å². The fourth-order valence-corrected chi connectivity index (χ4v) is 6.45. The Bertz CT molecular complexity index is 282. The van der Waals surface area contributed by atoms with E-state index in [1.165, 1.54) is 23.7 Å². The van der Waals surface area contributed by atoms with Crippen LogP contribution in [0.3, 0.4) is 0 Å². The smallest absolute Gasteiger partial charge is 0.0352 e. The molecule has 0 heterocycles. The predicted molar refractivity (Wildman–Crippen MR) is 71.7 cm³/mol.